The monoisotopic (exact) mass is 691 g/mol. The number of aliphatic hydroxyl groups excluding tert-OH is 12. The number of carbonyl (C=O) groups excluding carboxylic acids is 1. The second-order valence-corrected chi connectivity index (χ2v) is 11.9. The minimum absolute atomic E-state index is 0.717. The van der Waals surface area contributed by atoms with Crippen LogP contribution in [0.15, 0.2) is 0 Å². The minimum Gasteiger partial charge on any atom is -0.394 e. The van der Waals surface area contributed by atoms with Crippen molar-refractivity contribution < 1.29 is 99.2 Å². The molecule has 1 amide bonds. The van der Waals surface area contributed by atoms with Crippen molar-refractivity contribution >= 4 is 5.91 Å². The van der Waals surface area contributed by atoms with Gasteiger partial charge in [-0.3, -0.25) is 4.79 Å². The number of amides is 1. The van der Waals surface area contributed by atoms with E-state index in [4.69, 9.17) is 33.2 Å². The molecule has 4 saturated heterocycles. The standard InChI is InChI=1S/C26H45NO20/c1-6-12(32)15(35)17(37)24(41-6)45-20-10(5-30)42-23(40)11(27-7(2)31)21(20)46-26-19(39)22(14(34)9(4-29)44-26)47-25-18(38)16(36)13(33)8(3-28)43-25/h6,8-26,28-30,32-40H,3-5H2,1-2H3,(H,27,31)/t6-,8+,9+,10+,11+,12+,13-,14-,15+,16-,17-,18+,19+,20+,21+,22-,23?,24-,25+,26-/m0/s1. The summed E-state index contributed by atoms with van der Waals surface area (Å²) in [7, 11) is 0. The minimum atomic E-state index is -2.04. The molecule has 4 aliphatic rings. The number of ether oxygens (including phenoxy) is 7. The molecule has 47 heavy (non-hydrogen) atoms. The Hall–Kier alpha value is -1.29. The van der Waals surface area contributed by atoms with E-state index in [1.807, 2.05) is 0 Å². The number of aliphatic hydroxyl groups is 12. The largest absolute Gasteiger partial charge is 0.394 e. The summed E-state index contributed by atoms with van der Waals surface area (Å²) < 4.78 is 39.2. The molecule has 0 radical (unpaired) electrons. The van der Waals surface area contributed by atoms with E-state index in [9.17, 15) is 66.1 Å². The van der Waals surface area contributed by atoms with Crippen LogP contribution in [0.1, 0.15) is 13.8 Å². The van der Waals surface area contributed by atoms with Gasteiger partial charge in [0.25, 0.3) is 0 Å². The zero-order chi connectivity index (χ0) is 34.9. The van der Waals surface area contributed by atoms with Crippen LogP contribution < -0.4 is 5.32 Å². The molecule has 4 heterocycles. The van der Waals surface area contributed by atoms with Gasteiger partial charge in [-0.25, -0.2) is 0 Å². The number of nitrogens with one attached hydrogen (secondary N) is 1. The first-order valence-electron chi connectivity index (χ1n) is 15.0. The predicted molar refractivity (Wildman–Crippen MR) is 144 cm³/mol. The smallest absolute Gasteiger partial charge is 0.217 e. The third kappa shape index (κ3) is 8.04. The fourth-order valence-electron chi connectivity index (χ4n) is 5.88. The van der Waals surface area contributed by atoms with Crippen LogP contribution in [-0.4, -0.2) is 210 Å². The zero-order valence-electron chi connectivity index (χ0n) is 25.3. The molecule has 4 fully saturated rings. The van der Waals surface area contributed by atoms with E-state index in [0.717, 1.165) is 6.92 Å². The van der Waals surface area contributed by atoms with Crippen LogP contribution >= 0.6 is 0 Å². The first kappa shape index (κ1) is 38.5. The lowest BCUT2D eigenvalue weighted by molar-refractivity contribution is -0.384. The summed E-state index contributed by atoms with van der Waals surface area (Å²) in [6.07, 6.45) is -32.5. The van der Waals surface area contributed by atoms with Gasteiger partial charge in [0.2, 0.25) is 5.91 Å². The lowest BCUT2D eigenvalue weighted by atomic mass is 9.94. The van der Waals surface area contributed by atoms with Gasteiger partial charge < -0.3 is 99.8 Å². The van der Waals surface area contributed by atoms with Gasteiger partial charge in [-0.05, 0) is 6.92 Å². The third-order valence-corrected chi connectivity index (χ3v) is 8.57. The van der Waals surface area contributed by atoms with Gasteiger partial charge >= 0.3 is 0 Å². The summed E-state index contributed by atoms with van der Waals surface area (Å²) in [5.41, 5.74) is 0. The molecule has 0 saturated carbocycles. The molecule has 21 nitrogen and oxygen atoms in total. The summed E-state index contributed by atoms with van der Waals surface area (Å²) in [5, 5.41) is 126. The average Bonchev–Trinajstić information content (AvgIpc) is 3.04. The van der Waals surface area contributed by atoms with Crippen LogP contribution in [0.25, 0.3) is 0 Å². The van der Waals surface area contributed by atoms with Crippen LogP contribution in [0.2, 0.25) is 0 Å². The second kappa shape index (κ2) is 16.2. The Balaban J connectivity index is 1.64. The van der Waals surface area contributed by atoms with E-state index in [2.05, 4.69) is 5.32 Å². The van der Waals surface area contributed by atoms with Crippen LogP contribution in [-0.2, 0) is 38.0 Å². The van der Waals surface area contributed by atoms with E-state index >= 15 is 0 Å². The van der Waals surface area contributed by atoms with Crippen molar-refractivity contribution in [3.63, 3.8) is 0 Å². The summed E-state index contributed by atoms with van der Waals surface area (Å²) in [5.74, 6) is -0.717. The van der Waals surface area contributed by atoms with Crippen molar-refractivity contribution in [2.75, 3.05) is 19.8 Å². The molecule has 21 heteroatoms. The SMILES string of the molecule is CC(=O)N[C@H]1C(O)O[C@H](CO)[C@@H](O[C@@H]2O[C@@H](C)[C@@H](O)[C@@H](O)[C@@H]2O)[C@@H]1O[C@@H]1O[C@H](CO)[C@H](O)[C@H](O[C@H]2O[C@H](CO)[C@H](O)[C@H](O)[C@H]2O)[C@H]1O. The summed E-state index contributed by atoms with van der Waals surface area (Å²) in [6.45, 7) is -0.108. The van der Waals surface area contributed by atoms with Gasteiger partial charge in [-0.2, -0.15) is 0 Å². The van der Waals surface area contributed by atoms with Crippen molar-refractivity contribution in [3.05, 3.63) is 0 Å². The topological polar surface area (TPSA) is 336 Å². The van der Waals surface area contributed by atoms with Gasteiger partial charge in [-0.1, -0.05) is 0 Å². The van der Waals surface area contributed by atoms with E-state index in [-0.39, 0.29) is 0 Å². The molecule has 4 rings (SSSR count). The average molecular weight is 692 g/mol. The highest BCUT2D eigenvalue weighted by Gasteiger charge is 2.55. The van der Waals surface area contributed by atoms with Gasteiger partial charge in [0.15, 0.2) is 25.2 Å². The second-order valence-electron chi connectivity index (χ2n) is 11.9. The lowest BCUT2D eigenvalue weighted by Crippen LogP contribution is -2.70. The number of rotatable bonds is 10. The van der Waals surface area contributed by atoms with Gasteiger partial charge in [-0.15, -0.1) is 0 Å². The van der Waals surface area contributed by atoms with Crippen LogP contribution in [0.4, 0.5) is 0 Å². The molecular weight excluding hydrogens is 646 g/mol. The van der Waals surface area contributed by atoms with E-state index in [1.165, 1.54) is 6.92 Å². The van der Waals surface area contributed by atoms with Crippen molar-refractivity contribution in [1.82, 2.24) is 5.32 Å². The van der Waals surface area contributed by atoms with E-state index in [1.54, 1.807) is 0 Å². The molecule has 4 aliphatic heterocycles. The Morgan fingerprint density at radius 3 is 1.57 bits per heavy atom. The third-order valence-electron chi connectivity index (χ3n) is 8.57. The van der Waals surface area contributed by atoms with Crippen LogP contribution in [0.5, 0.6) is 0 Å². The normalized spacial score (nSPS) is 51.0. The van der Waals surface area contributed by atoms with Crippen molar-refractivity contribution in [2.45, 2.75) is 137 Å². The molecule has 0 spiro atoms. The Labute approximate surface area is 267 Å². The fourth-order valence-corrected chi connectivity index (χ4v) is 5.88. The summed E-state index contributed by atoms with van der Waals surface area (Å²) in [4.78, 5) is 12.1. The maximum Gasteiger partial charge on any atom is 0.217 e. The zero-order valence-corrected chi connectivity index (χ0v) is 25.3. The van der Waals surface area contributed by atoms with Gasteiger partial charge in [0.1, 0.15) is 91.5 Å². The molecule has 0 aliphatic carbocycles. The van der Waals surface area contributed by atoms with Gasteiger partial charge in [0.05, 0.1) is 25.9 Å². The molecule has 1 unspecified atom stereocenters. The van der Waals surface area contributed by atoms with Gasteiger partial charge in [0, 0.05) is 6.92 Å². The first-order valence-corrected chi connectivity index (χ1v) is 15.0. The van der Waals surface area contributed by atoms with Crippen LogP contribution in [0.3, 0.4) is 0 Å². The number of carbonyl (C=O) groups is 1. The first-order chi connectivity index (χ1) is 22.1. The Kier molecular flexibility index (Phi) is 13.2. The summed E-state index contributed by atoms with van der Waals surface area (Å²) >= 11 is 0. The molecule has 274 valence electrons. The molecule has 13 N–H and O–H groups in total. The summed E-state index contributed by atoms with van der Waals surface area (Å²) in [6, 6.07) is -1.55. The molecule has 0 aromatic heterocycles. The fraction of sp³-hybridized carbons (Fsp3) is 0.962. The van der Waals surface area contributed by atoms with Crippen LogP contribution in [0, 0.1) is 0 Å². The quantitative estimate of drug-likeness (QED) is 0.101. The number of hydrogen-bond donors (Lipinski definition) is 13. The maximum atomic E-state index is 12.1. The molecule has 20 atom stereocenters. The lowest BCUT2D eigenvalue weighted by Gasteiger charge is -2.50. The Morgan fingerprint density at radius 1 is 0.553 bits per heavy atom. The molecule has 0 bridgehead atoms. The Bertz CT molecular complexity index is 1010. The number of hydrogen-bond acceptors (Lipinski definition) is 20. The molecular formula is C26H45NO20. The van der Waals surface area contributed by atoms with Crippen molar-refractivity contribution in [3.8, 4) is 0 Å². The molecule has 0 aromatic rings. The molecule has 0 aromatic carbocycles. The van der Waals surface area contributed by atoms with Crippen molar-refractivity contribution in [1.29, 1.82) is 0 Å². The van der Waals surface area contributed by atoms with E-state index in [0.29, 0.717) is 0 Å². The highest BCUT2D eigenvalue weighted by molar-refractivity contribution is 5.73. The highest BCUT2D eigenvalue weighted by Crippen LogP contribution is 2.34. The van der Waals surface area contributed by atoms with E-state index < -0.39 is 148 Å². The Morgan fingerprint density at radius 2 is 1.02 bits per heavy atom. The predicted octanol–water partition coefficient (Wildman–Crippen LogP) is -8.58. The highest BCUT2D eigenvalue weighted by atomic mass is 16.8. The maximum absolute atomic E-state index is 12.1. The van der Waals surface area contributed by atoms with Crippen molar-refractivity contribution in [2.24, 2.45) is 0 Å².